The van der Waals surface area contributed by atoms with Crippen molar-refractivity contribution in [1.82, 2.24) is 5.32 Å². The molecule has 0 radical (unpaired) electrons. The number of anilines is 1. The molecule has 0 bridgehead atoms. The van der Waals surface area contributed by atoms with E-state index < -0.39 is 23.1 Å². The molecule has 24 heavy (non-hydrogen) atoms. The predicted molar refractivity (Wildman–Crippen MR) is 88.0 cm³/mol. The summed E-state index contributed by atoms with van der Waals surface area (Å²) >= 11 is 0. The highest BCUT2D eigenvalue weighted by Gasteiger charge is 2.17. The smallest absolute Gasteiger partial charge is 0.258 e. The van der Waals surface area contributed by atoms with Gasteiger partial charge in [-0.1, -0.05) is 19.1 Å². The zero-order valence-corrected chi connectivity index (χ0v) is 13.4. The first-order chi connectivity index (χ1) is 11.4. The van der Waals surface area contributed by atoms with Gasteiger partial charge in [0.1, 0.15) is 11.6 Å². The summed E-state index contributed by atoms with van der Waals surface area (Å²) < 4.78 is 26.9. The van der Waals surface area contributed by atoms with E-state index in [-0.39, 0.29) is 23.2 Å². The third-order valence-electron chi connectivity index (χ3n) is 3.58. The van der Waals surface area contributed by atoms with Gasteiger partial charge in [-0.3, -0.25) is 9.59 Å². The van der Waals surface area contributed by atoms with Crippen molar-refractivity contribution in [1.29, 1.82) is 0 Å². The minimum absolute atomic E-state index is 0.0260. The van der Waals surface area contributed by atoms with E-state index in [9.17, 15) is 18.4 Å². The predicted octanol–water partition coefficient (Wildman–Crippen LogP) is 3.75. The lowest BCUT2D eigenvalue weighted by Crippen LogP contribution is -2.32. The van der Waals surface area contributed by atoms with Crippen molar-refractivity contribution in [3.8, 4) is 0 Å². The Labute approximate surface area is 138 Å². The number of amides is 2. The van der Waals surface area contributed by atoms with Crippen molar-refractivity contribution in [2.24, 2.45) is 0 Å². The van der Waals surface area contributed by atoms with Gasteiger partial charge < -0.3 is 10.6 Å². The molecule has 2 aromatic rings. The number of halogens is 2. The standard InChI is InChI=1S/C18H18F2N2O2/c1-3-11(2)21-17(23)13-6-4-5-7-16(13)22-18(24)14-10-12(19)8-9-15(14)20/h4-11H,3H2,1-2H3,(H,21,23)(H,22,24). The molecule has 0 aromatic heterocycles. The lowest BCUT2D eigenvalue weighted by atomic mass is 10.1. The largest absolute Gasteiger partial charge is 0.350 e. The van der Waals surface area contributed by atoms with Crippen molar-refractivity contribution in [3.05, 3.63) is 65.2 Å². The van der Waals surface area contributed by atoms with Gasteiger partial charge in [0.15, 0.2) is 0 Å². The number of carbonyl (C=O) groups is 2. The van der Waals surface area contributed by atoms with Crippen LogP contribution in [0.25, 0.3) is 0 Å². The van der Waals surface area contributed by atoms with Crippen LogP contribution < -0.4 is 10.6 Å². The third kappa shape index (κ3) is 4.16. The number of hydrogen-bond acceptors (Lipinski definition) is 2. The maximum absolute atomic E-state index is 13.7. The SMILES string of the molecule is CCC(C)NC(=O)c1ccccc1NC(=O)c1cc(F)ccc1F. The van der Waals surface area contributed by atoms with E-state index in [0.717, 1.165) is 24.6 Å². The zero-order valence-electron chi connectivity index (χ0n) is 13.4. The molecule has 6 heteroatoms. The Hall–Kier alpha value is -2.76. The molecule has 0 saturated carbocycles. The second kappa shape index (κ2) is 7.68. The molecular weight excluding hydrogens is 314 g/mol. The molecule has 2 N–H and O–H groups in total. The summed E-state index contributed by atoms with van der Waals surface area (Å²) in [4.78, 5) is 24.5. The van der Waals surface area contributed by atoms with Crippen LogP contribution in [0.5, 0.6) is 0 Å². The highest BCUT2D eigenvalue weighted by molar-refractivity contribution is 6.09. The molecule has 0 aliphatic carbocycles. The quantitative estimate of drug-likeness (QED) is 0.876. The fraction of sp³-hybridized carbons (Fsp3) is 0.222. The maximum Gasteiger partial charge on any atom is 0.258 e. The summed E-state index contributed by atoms with van der Waals surface area (Å²) in [5, 5.41) is 5.26. The summed E-state index contributed by atoms with van der Waals surface area (Å²) in [5.41, 5.74) is 0.0575. The molecule has 4 nitrogen and oxygen atoms in total. The average Bonchev–Trinajstić information content (AvgIpc) is 2.57. The van der Waals surface area contributed by atoms with Gasteiger partial charge in [-0.2, -0.15) is 0 Å². The first-order valence-electron chi connectivity index (χ1n) is 7.58. The Balaban J connectivity index is 2.25. The second-order valence-electron chi connectivity index (χ2n) is 5.41. The molecule has 0 aliphatic heterocycles. The molecule has 0 fully saturated rings. The van der Waals surface area contributed by atoms with Gasteiger partial charge in [0.2, 0.25) is 0 Å². The molecular formula is C18H18F2N2O2. The third-order valence-corrected chi connectivity index (χ3v) is 3.58. The van der Waals surface area contributed by atoms with E-state index in [1.807, 2.05) is 13.8 Å². The molecule has 0 aliphatic rings. The summed E-state index contributed by atoms with van der Waals surface area (Å²) in [6.45, 7) is 3.80. The molecule has 1 atom stereocenters. The Kier molecular flexibility index (Phi) is 5.63. The van der Waals surface area contributed by atoms with E-state index in [1.54, 1.807) is 18.2 Å². The normalized spacial score (nSPS) is 11.7. The number of rotatable bonds is 5. The van der Waals surface area contributed by atoms with Gasteiger partial charge in [0.05, 0.1) is 16.8 Å². The summed E-state index contributed by atoms with van der Waals surface area (Å²) in [6.07, 6.45) is 0.759. The van der Waals surface area contributed by atoms with Crippen LogP contribution in [0.15, 0.2) is 42.5 Å². The van der Waals surface area contributed by atoms with Gasteiger partial charge in [0.25, 0.3) is 11.8 Å². The molecule has 0 spiro atoms. The minimum atomic E-state index is -0.838. The van der Waals surface area contributed by atoms with Crippen LogP contribution in [0.2, 0.25) is 0 Å². The number of hydrogen-bond donors (Lipinski definition) is 2. The zero-order chi connectivity index (χ0) is 17.7. The van der Waals surface area contributed by atoms with E-state index in [1.165, 1.54) is 6.07 Å². The van der Waals surface area contributed by atoms with Crippen LogP contribution in [0.3, 0.4) is 0 Å². The van der Waals surface area contributed by atoms with E-state index in [0.29, 0.717) is 0 Å². The van der Waals surface area contributed by atoms with E-state index in [2.05, 4.69) is 10.6 Å². The van der Waals surface area contributed by atoms with Crippen LogP contribution in [-0.4, -0.2) is 17.9 Å². The fourth-order valence-electron chi connectivity index (χ4n) is 2.05. The van der Waals surface area contributed by atoms with Crippen LogP contribution >= 0.6 is 0 Å². The Morgan fingerprint density at radius 3 is 2.46 bits per heavy atom. The summed E-state index contributed by atoms with van der Waals surface area (Å²) in [7, 11) is 0. The average molecular weight is 332 g/mol. The number of benzene rings is 2. The molecule has 1 unspecified atom stereocenters. The topological polar surface area (TPSA) is 58.2 Å². The van der Waals surface area contributed by atoms with Crippen molar-refractivity contribution in [3.63, 3.8) is 0 Å². The molecule has 2 aromatic carbocycles. The minimum Gasteiger partial charge on any atom is -0.350 e. The van der Waals surface area contributed by atoms with Crippen LogP contribution in [0.4, 0.5) is 14.5 Å². The number of nitrogens with one attached hydrogen (secondary N) is 2. The van der Waals surface area contributed by atoms with Crippen molar-refractivity contribution >= 4 is 17.5 Å². The summed E-state index contributed by atoms with van der Waals surface area (Å²) in [5.74, 6) is -2.73. The van der Waals surface area contributed by atoms with Gasteiger partial charge in [-0.25, -0.2) is 8.78 Å². The lowest BCUT2D eigenvalue weighted by molar-refractivity contribution is 0.0940. The van der Waals surface area contributed by atoms with Gasteiger partial charge in [0, 0.05) is 6.04 Å². The first kappa shape index (κ1) is 17.6. The fourth-order valence-corrected chi connectivity index (χ4v) is 2.05. The molecule has 126 valence electrons. The monoisotopic (exact) mass is 332 g/mol. The second-order valence-corrected chi connectivity index (χ2v) is 5.41. The lowest BCUT2D eigenvalue weighted by Gasteiger charge is -2.14. The van der Waals surface area contributed by atoms with Crippen LogP contribution in [0, 0.1) is 11.6 Å². The van der Waals surface area contributed by atoms with E-state index >= 15 is 0 Å². The molecule has 2 rings (SSSR count). The Morgan fingerprint density at radius 1 is 1.04 bits per heavy atom. The highest BCUT2D eigenvalue weighted by atomic mass is 19.1. The Morgan fingerprint density at radius 2 is 1.75 bits per heavy atom. The van der Waals surface area contributed by atoms with Crippen molar-refractivity contribution < 1.29 is 18.4 Å². The Bertz CT molecular complexity index is 762. The molecule has 0 saturated heterocycles. The maximum atomic E-state index is 13.7. The van der Waals surface area contributed by atoms with Gasteiger partial charge >= 0.3 is 0 Å². The van der Waals surface area contributed by atoms with Crippen molar-refractivity contribution in [2.75, 3.05) is 5.32 Å². The number of para-hydroxylation sites is 1. The first-order valence-corrected chi connectivity index (χ1v) is 7.58. The summed E-state index contributed by atoms with van der Waals surface area (Å²) in [6, 6.07) is 8.97. The van der Waals surface area contributed by atoms with E-state index in [4.69, 9.17) is 0 Å². The van der Waals surface area contributed by atoms with Crippen molar-refractivity contribution in [2.45, 2.75) is 26.3 Å². The highest BCUT2D eigenvalue weighted by Crippen LogP contribution is 2.18. The molecule has 2 amide bonds. The molecule has 0 heterocycles. The van der Waals surface area contributed by atoms with Crippen LogP contribution in [0.1, 0.15) is 41.0 Å². The van der Waals surface area contributed by atoms with Gasteiger partial charge in [-0.05, 0) is 43.7 Å². The van der Waals surface area contributed by atoms with Gasteiger partial charge in [-0.15, -0.1) is 0 Å². The number of carbonyl (C=O) groups excluding carboxylic acids is 2. The van der Waals surface area contributed by atoms with Crippen LogP contribution in [-0.2, 0) is 0 Å².